The van der Waals surface area contributed by atoms with Crippen LogP contribution >= 0.6 is 11.8 Å². The molecule has 2 rings (SSSR count). The number of hydrogen-bond acceptors (Lipinski definition) is 2. The van der Waals surface area contributed by atoms with Crippen LogP contribution in [-0.2, 0) is 0 Å². The molecule has 0 spiro atoms. The zero-order chi connectivity index (χ0) is 14.7. The molecule has 1 N–H and O–H groups in total. The van der Waals surface area contributed by atoms with Gasteiger partial charge >= 0.3 is 0 Å². The molecular weight excluding hydrogens is 266 g/mol. The van der Waals surface area contributed by atoms with Gasteiger partial charge in [-0.25, -0.2) is 0 Å². The van der Waals surface area contributed by atoms with E-state index < -0.39 is 0 Å². The van der Waals surface area contributed by atoms with E-state index in [1.807, 2.05) is 24.3 Å². The van der Waals surface area contributed by atoms with Crippen LogP contribution < -0.4 is 5.32 Å². The molecule has 0 aliphatic heterocycles. The highest BCUT2D eigenvalue weighted by atomic mass is 32.2. The van der Waals surface area contributed by atoms with Gasteiger partial charge in [-0.3, -0.25) is 4.79 Å². The lowest BCUT2D eigenvalue weighted by Gasteiger charge is -2.11. The summed E-state index contributed by atoms with van der Waals surface area (Å²) in [5.74, 6) is -0.0516. The van der Waals surface area contributed by atoms with Crippen LogP contribution in [0.25, 0.3) is 0 Å². The summed E-state index contributed by atoms with van der Waals surface area (Å²) < 4.78 is 0. The fourth-order valence-electron chi connectivity index (χ4n) is 2.26. The molecule has 0 atom stereocenters. The van der Waals surface area contributed by atoms with Crippen LogP contribution in [0, 0.1) is 20.8 Å². The molecule has 20 heavy (non-hydrogen) atoms. The molecule has 1 amide bonds. The zero-order valence-electron chi connectivity index (χ0n) is 12.3. The Balaban J connectivity index is 2.25. The first kappa shape index (κ1) is 14.7. The van der Waals surface area contributed by atoms with E-state index in [0.717, 1.165) is 4.90 Å². The van der Waals surface area contributed by atoms with Crippen molar-refractivity contribution < 1.29 is 4.79 Å². The summed E-state index contributed by atoms with van der Waals surface area (Å²) in [7, 11) is 1.64. The molecule has 0 bridgehead atoms. The molecule has 0 saturated heterocycles. The van der Waals surface area contributed by atoms with E-state index in [2.05, 4.69) is 38.2 Å². The smallest absolute Gasteiger partial charge is 0.251 e. The van der Waals surface area contributed by atoms with E-state index in [1.165, 1.54) is 21.6 Å². The predicted octanol–water partition coefficient (Wildman–Crippen LogP) is 4.12. The number of carbonyl (C=O) groups is 1. The molecule has 3 heteroatoms. The third-order valence-corrected chi connectivity index (χ3v) is 4.52. The van der Waals surface area contributed by atoms with Crippen LogP contribution in [-0.4, -0.2) is 13.0 Å². The maximum atomic E-state index is 11.5. The lowest BCUT2D eigenvalue weighted by Crippen LogP contribution is -2.17. The molecule has 0 radical (unpaired) electrons. The molecule has 0 unspecified atom stereocenters. The second kappa shape index (κ2) is 6.14. The van der Waals surface area contributed by atoms with Gasteiger partial charge in [0.15, 0.2) is 0 Å². The molecule has 0 heterocycles. The Morgan fingerprint density at radius 2 is 1.55 bits per heavy atom. The third kappa shape index (κ3) is 3.23. The largest absolute Gasteiger partial charge is 0.355 e. The second-order valence-corrected chi connectivity index (χ2v) is 6.02. The summed E-state index contributed by atoms with van der Waals surface area (Å²) in [6, 6.07) is 12.1. The molecule has 2 aromatic carbocycles. The minimum Gasteiger partial charge on any atom is -0.355 e. The minimum atomic E-state index is -0.0516. The maximum absolute atomic E-state index is 11.5. The van der Waals surface area contributed by atoms with Crippen molar-refractivity contribution in [2.75, 3.05) is 7.05 Å². The molecule has 104 valence electrons. The maximum Gasteiger partial charge on any atom is 0.251 e. The first-order valence-electron chi connectivity index (χ1n) is 6.59. The lowest BCUT2D eigenvalue weighted by molar-refractivity contribution is 0.0963. The monoisotopic (exact) mass is 285 g/mol. The van der Waals surface area contributed by atoms with Gasteiger partial charge in [0, 0.05) is 22.4 Å². The fraction of sp³-hybridized carbons (Fsp3) is 0.235. The zero-order valence-corrected chi connectivity index (χ0v) is 13.1. The number of nitrogens with one attached hydrogen (secondary N) is 1. The molecule has 2 aromatic rings. The molecule has 0 saturated carbocycles. The van der Waals surface area contributed by atoms with Crippen molar-refractivity contribution in [3.8, 4) is 0 Å². The van der Waals surface area contributed by atoms with Crippen LogP contribution in [0.1, 0.15) is 27.0 Å². The first-order valence-corrected chi connectivity index (χ1v) is 7.40. The van der Waals surface area contributed by atoms with Gasteiger partial charge in [-0.1, -0.05) is 29.5 Å². The SMILES string of the molecule is CNC(=O)c1ccc(Sc2c(C)cc(C)cc2C)cc1. The van der Waals surface area contributed by atoms with Crippen molar-refractivity contribution in [3.05, 3.63) is 58.7 Å². The average Bonchev–Trinajstić information content (AvgIpc) is 2.42. The summed E-state index contributed by atoms with van der Waals surface area (Å²) >= 11 is 1.75. The van der Waals surface area contributed by atoms with E-state index in [4.69, 9.17) is 0 Å². The highest BCUT2D eigenvalue weighted by molar-refractivity contribution is 7.99. The number of hydrogen-bond donors (Lipinski definition) is 1. The summed E-state index contributed by atoms with van der Waals surface area (Å²) in [6.45, 7) is 6.40. The van der Waals surface area contributed by atoms with E-state index in [9.17, 15) is 4.79 Å². The van der Waals surface area contributed by atoms with Crippen LogP contribution in [0.4, 0.5) is 0 Å². The van der Waals surface area contributed by atoms with Crippen LogP contribution in [0.2, 0.25) is 0 Å². The van der Waals surface area contributed by atoms with Crippen LogP contribution in [0.5, 0.6) is 0 Å². The van der Waals surface area contributed by atoms with Gasteiger partial charge in [0.05, 0.1) is 0 Å². The highest BCUT2D eigenvalue weighted by Gasteiger charge is 2.07. The van der Waals surface area contributed by atoms with Gasteiger partial charge in [-0.15, -0.1) is 0 Å². The van der Waals surface area contributed by atoms with Gasteiger partial charge in [0.1, 0.15) is 0 Å². The Hall–Kier alpha value is -1.74. The van der Waals surface area contributed by atoms with Gasteiger partial charge in [-0.2, -0.15) is 0 Å². The molecule has 0 aliphatic carbocycles. The summed E-state index contributed by atoms with van der Waals surface area (Å²) in [4.78, 5) is 14.0. The Kier molecular flexibility index (Phi) is 4.50. The normalized spacial score (nSPS) is 10.4. The topological polar surface area (TPSA) is 29.1 Å². The van der Waals surface area contributed by atoms with Crippen molar-refractivity contribution in [1.82, 2.24) is 5.32 Å². The van der Waals surface area contributed by atoms with Gasteiger partial charge in [0.2, 0.25) is 0 Å². The van der Waals surface area contributed by atoms with Crippen LogP contribution in [0.15, 0.2) is 46.2 Å². The van der Waals surface area contributed by atoms with Crippen LogP contribution in [0.3, 0.4) is 0 Å². The summed E-state index contributed by atoms with van der Waals surface area (Å²) in [6.07, 6.45) is 0. The first-order chi connectivity index (χ1) is 9.51. The summed E-state index contributed by atoms with van der Waals surface area (Å²) in [5.41, 5.74) is 4.57. The Bertz CT molecular complexity index is 609. The van der Waals surface area contributed by atoms with Crippen molar-refractivity contribution >= 4 is 17.7 Å². The van der Waals surface area contributed by atoms with Gasteiger partial charge in [0.25, 0.3) is 5.91 Å². The third-order valence-electron chi connectivity index (χ3n) is 3.17. The quantitative estimate of drug-likeness (QED) is 0.919. The standard InChI is InChI=1S/C17H19NOS/c1-11-9-12(2)16(13(3)10-11)20-15-7-5-14(6-8-15)17(19)18-4/h5-10H,1-4H3,(H,18,19). The Labute approximate surface area is 124 Å². The Morgan fingerprint density at radius 1 is 1.00 bits per heavy atom. The molecule has 0 fully saturated rings. The average molecular weight is 285 g/mol. The number of rotatable bonds is 3. The molecule has 0 aromatic heterocycles. The van der Waals surface area contributed by atoms with E-state index >= 15 is 0 Å². The van der Waals surface area contributed by atoms with Crippen molar-refractivity contribution in [2.45, 2.75) is 30.6 Å². The number of aryl methyl sites for hydroxylation is 3. The van der Waals surface area contributed by atoms with E-state index in [0.29, 0.717) is 5.56 Å². The molecule has 0 aliphatic rings. The van der Waals surface area contributed by atoms with Crippen molar-refractivity contribution in [2.24, 2.45) is 0 Å². The van der Waals surface area contributed by atoms with E-state index in [-0.39, 0.29) is 5.91 Å². The van der Waals surface area contributed by atoms with E-state index in [1.54, 1.807) is 18.8 Å². The summed E-state index contributed by atoms with van der Waals surface area (Å²) in [5, 5.41) is 2.63. The second-order valence-electron chi connectivity index (χ2n) is 4.93. The predicted molar refractivity (Wildman–Crippen MR) is 84.6 cm³/mol. The highest BCUT2D eigenvalue weighted by Crippen LogP contribution is 2.33. The number of carbonyl (C=O) groups excluding carboxylic acids is 1. The lowest BCUT2D eigenvalue weighted by atomic mass is 10.1. The van der Waals surface area contributed by atoms with Crippen molar-refractivity contribution in [3.63, 3.8) is 0 Å². The number of benzene rings is 2. The fourth-order valence-corrected chi connectivity index (χ4v) is 3.21. The number of amides is 1. The Morgan fingerprint density at radius 3 is 2.05 bits per heavy atom. The molecular formula is C17H19NOS. The van der Waals surface area contributed by atoms with Gasteiger partial charge < -0.3 is 5.32 Å². The minimum absolute atomic E-state index is 0.0516. The molecule has 2 nitrogen and oxygen atoms in total. The van der Waals surface area contributed by atoms with Crippen molar-refractivity contribution in [1.29, 1.82) is 0 Å². The van der Waals surface area contributed by atoms with Gasteiger partial charge in [-0.05, 0) is 56.2 Å².